The Morgan fingerprint density at radius 3 is 2.57 bits per heavy atom. The number of hydrogen-bond donors (Lipinski definition) is 2. The number of nitrogens with two attached hydrogens (primary N) is 1. The van der Waals surface area contributed by atoms with Crippen molar-refractivity contribution in [1.82, 2.24) is 5.10 Å². The minimum absolute atomic E-state index is 0.730. The normalized spacial score (nSPS) is 10.4. The summed E-state index contributed by atoms with van der Waals surface area (Å²) in [5.74, 6) is 0.730. The van der Waals surface area contributed by atoms with Gasteiger partial charge < -0.3 is 0 Å². The predicted molar refractivity (Wildman–Crippen MR) is 56.2 cm³/mol. The molecule has 3 N–H and O–H groups in total. The van der Waals surface area contributed by atoms with Crippen molar-refractivity contribution in [1.29, 1.82) is 0 Å². The molecule has 0 bridgehead atoms. The van der Waals surface area contributed by atoms with Crippen LogP contribution in [0.3, 0.4) is 0 Å². The summed E-state index contributed by atoms with van der Waals surface area (Å²) in [7, 11) is 0. The lowest BCUT2D eigenvalue weighted by Gasteiger charge is -1.98. The topological polar surface area (TPSA) is 45.7 Å². The third-order valence-electron chi connectivity index (χ3n) is 2.17. The van der Waals surface area contributed by atoms with Gasteiger partial charge in [0.2, 0.25) is 0 Å². The van der Waals surface area contributed by atoms with Crippen molar-refractivity contribution in [2.75, 3.05) is 5.73 Å². The lowest BCUT2D eigenvalue weighted by Crippen LogP contribution is -2.35. The Hall–Kier alpha value is -1.77. The average molecular weight is 188 g/mol. The van der Waals surface area contributed by atoms with Gasteiger partial charge in [-0.1, -0.05) is 12.1 Å². The van der Waals surface area contributed by atoms with Crippen LogP contribution in [0.4, 0.5) is 5.82 Å². The van der Waals surface area contributed by atoms with Gasteiger partial charge in [0.1, 0.15) is 0 Å². The number of benzene rings is 1. The van der Waals surface area contributed by atoms with Crippen LogP contribution in [0.25, 0.3) is 5.69 Å². The first-order valence-electron chi connectivity index (χ1n) is 4.61. The van der Waals surface area contributed by atoms with Gasteiger partial charge in [-0.15, -0.1) is 4.68 Å². The first-order valence-corrected chi connectivity index (χ1v) is 4.61. The first-order chi connectivity index (χ1) is 6.66. The van der Waals surface area contributed by atoms with Crippen LogP contribution in [0.5, 0.6) is 0 Å². The molecule has 1 aromatic heterocycles. The quantitative estimate of drug-likeness (QED) is 0.654. The number of nitrogens with zero attached hydrogens (tertiary/aromatic N) is 1. The number of H-pyrrole nitrogens is 1. The predicted octanol–water partition coefficient (Wildman–Crippen LogP) is 1.49. The molecule has 0 aliphatic heterocycles. The van der Waals surface area contributed by atoms with Crippen LogP contribution < -0.4 is 10.4 Å². The number of aryl methyl sites for hydroxylation is 2. The van der Waals surface area contributed by atoms with Crippen molar-refractivity contribution in [3.05, 3.63) is 41.6 Å². The van der Waals surface area contributed by atoms with Crippen LogP contribution >= 0.6 is 0 Å². The van der Waals surface area contributed by atoms with Crippen LogP contribution in [0.2, 0.25) is 0 Å². The first kappa shape index (κ1) is 8.81. The summed E-state index contributed by atoms with van der Waals surface area (Å²) in [6.07, 6.45) is 0. The van der Waals surface area contributed by atoms with Gasteiger partial charge >= 0.3 is 0 Å². The number of hydrogen-bond acceptors (Lipinski definition) is 1. The number of aromatic nitrogens is 2. The molecule has 0 atom stereocenters. The molecule has 0 unspecified atom stereocenters. The molecule has 14 heavy (non-hydrogen) atoms. The molecule has 0 aliphatic rings. The van der Waals surface area contributed by atoms with E-state index in [4.69, 9.17) is 5.73 Å². The summed E-state index contributed by atoms with van der Waals surface area (Å²) in [6.45, 7) is 4.05. The largest absolute Gasteiger partial charge is 0.298 e. The van der Waals surface area contributed by atoms with E-state index in [1.807, 2.05) is 29.8 Å². The molecule has 0 saturated carbocycles. The third-order valence-corrected chi connectivity index (χ3v) is 2.17. The molecule has 0 spiro atoms. The van der Waals surface area contributed by atoms with Crippen LogP contribution in [0, 0.1) is 13.8 Å². The second kappa shape index (κ2) is 3.18. The summed E-state index contributed by atoms with van der Waals surface area (Å²) in [6, 6.07) is 10.1. The lowest BCUT2D eigenvalue weighted by molar-refractivity contribution is -0.641. The molecule has 2 aromatic rings. The standard InChI is InChI=1S/C11H13N3/c1-8-4-3-5-10(6-8)14-11(12)7-9(2)13-14/h3-7H,1-2H3,(H2,12,13)/p+1. The molecule has 1 heterocycles. The van der Waals surface area contributed by atoms with Crippen LogP contribution in [0.1, 0.15) is 11.3 Å². The number of nitrogen functional groups attached to an aromatic ring is 1. The monoisotopic (exact) mass is 188 g/mol. The number of anilines is 1. The Kier molecular flexibility index (Phi) is 2.00. The fourth-order valence-corrected chi connectivity index (χ4v) is 1.54. The Morgan fingerprint density at radius 2 is 2.00 bits per heavy atom. The Bertz CT molecular complexity index is 457. The van der Waals surface area contributed by atoms with Gasteiger partial charge in [-0.3, -0.25) is 5.73 Å². The van der Waals surface area contributed by atoms with E-state index in [2.05, 4.69) is 24.2 Å². The maximum absolute atomic E-state index is 5.86. The maximum Gasteiger partial charge on any atom is 0.298 e. The molecule has 0 saturated heterocycles. The molecule has 3 nitrogen and oxygen atoms in total. The smallest absolute Gasteiger partial charge is 0.285 e. The van der Waals surface area contributed by atoms with Gasteiger partial charge in [0, 0.05) is 0 Å². The summed E-state index contributed by atoms with van der Waals surface area (Å²) in [4.78, 5) is 0. The minimum Gasteiger partial charge on any atom is -0.285 e. The molecule has 72 valence electrons. The molecule has 0 amide bonds. The van der Waals surface area contributed by atoms with E-state index in [0.717, 1.165) is 17.2 Å². The highest BCUT2D eigenvalue weighted by Gasteiger charge is 2.09. The van der Waals surface area contributed by atoms with Gasteiger partial charge in [-0.2, -0.15) is 0 Å². The Balaban J connectivity index is 2.54. The third kappa shape index (κ3) is 1.48. The van der Waals surface area contributed by atoms with Crippen molar-refractivity contribution in [3.8, 4) is 5.69 Å². The number of rotatable bonds is 1. The van der Waals surface area contributed by atoms with Gasteiger partial charge in [-0.05, 0) is 31.5 Å². The van der Waals surface area contributed by atoms with E-state index < -0.39 is 0 Å². The molecule has 1 aromatic carbocycles. The SMILES string of the molecule is Cc1cccc(-[n+]2[nH]c(C)cc2N)c1. The Morgan fingerprint density at radius 1 is 1.21 bits per heavy atom. The van der Waals surface area contributed by atoms with E-state index in [1.54, 1.807) is 0 Å². The van der Waals surface area contributed by atoms with E-state index in [0.29, 0.717) is 0 Å². The summed E-state index contributed by atoms with van der Waals surface area (Å²) in [5, 5.41) is 3.18. The highest BCUT2D eigenvalue weighted by atomic mass is 15.3. The van der Waals surface area contributed by atoms with Gasteiger partial charge in [0.15, 0.2) is 5.69 Å². The number of aromatic amines is 1. The van der Waals surface area contributed by atoms with E-state index in [1.165, 1.54) is 5.56 Å². The highest BCUT2D eigenvalue weighted by molar-refractivity contribution is 5.31. The summed E-state index contributed by atoms with van der Waals surface area (Å²) in [5.41, 5.74) is 9.20. The molecule has 0 fully saturated rings. The summed E-state index contributed by atoms with van der Waals surface area (Å²) < 4.78 is 1.88. The molecule has 2 rings (SSSR count). The average Bonchev–Trinajstić information content (AvgIpc) is 2.45. The fourth-order valence-electron chi connectivity index (χ4n) is 1.54. The molecule has 0 radical (unpaired) electrons. The maximum atomic E-state index is 5.86. The van der Waals surface area contributed by atoms with Crippen molar-refractivity contribution in [3.63, 3.8) is 0 Å². The van der Waals surface area contributed by atoms with Crippen LogP contribution in [0.15, 0.2) is 30.3 Å². The van der Waals surface area contributed by atoms with Gasteiger partial charge in [0.05, 0.1) is 11.8 Å². The second-order valence-electron chi connectivity index (χ2n) is 3.54. The fraction of sp³-hybridized carbons (Fsp3) is 0.182. The van der Waals surface area contributed by atoms with E-state index in [-0.39, 0.29) is 0 Å². The van der Waals surface area contributed by atoms with Crippen molar-refractivity contribution < 1.29 is 4.68 Å². The zero-order chi connectivity index (χ0) is 10.1. The van der Waals surface area contributed by atoms with Gasteiger partial charge in [0.25, 0.3) is 5.82 Å². The lowest BCUT2D eigenvalue weighted by atomic mass is 10.2. The van der Waals surface area contributed by atoms with Crippen molar-refractivity contribution >= 4 is 5.82 Å². The zero-order valence-electron chi connectivity index (χ0n) is 8.41. The molecule has 3 heteroatoms. The van der Waals surface area contributed by atoms with Gasteiger partial charge in [-0.25, -0.2) is 5.10 Å². The van der Waals surface area contributed by atoms with Crippen LogP contribution in [-0.2, 0) is 0 Å². The van der Waals surface area contributed by atoms with Crippen molar-refractivity contribution in [2.24, 2.45) is 0 Å². The molecular formula is C11H14N3+. The molecule has 0 aliphatic carbocycles. The zero-order valence-corrected chi connectivity index (χ0v) is 8.41. The molecular weight excluding hydrogens is 174 g/mol. The summed E-state index contributed by atoms with van der Waals surface area (Å²) >= 11 is 0. The van der Waals surface area contributed by atoms with Crippen LogP contribution in [-0.4, -0.2) is 5.10 Å². The Labute approximate surface area is 83.2 Å². The minimum atomic E-state index is 0.730. The highest BCUT2D eigenvalue weighted by Crippen LogP contribution is 2.06. The van der Waals surface area contributed by atoms with E-state index in [9.17, 15) is 0 Å². The number of nitrogens with one attached hydrogen (secondary N) is 1. The second-order valence-corrected chi connectivity index (χ2v) is 3.54. The van der Waals surface area contributed by atoms with Crippen molar-refractivity contribution in [2.45, 2.75) is 13.8 Å². The van der Waals surface area contributed by atoms with E-state index >= 15 is 0 Å².